The van der Waals surface area contributed by atoms with Crippen LogP contribution in [0.25, 0.3) is 0 Å². The minimum atomic E-state index is -0.688. The number of hydrogen-bond acceptors (Lipinski definition) is 4. The fraction of sp³-hybridized carbons (Fsp3) is 0.364. The number of ether oxygens (including phenoxy) is 2. The van der Waals surface area contributed by atoms with E-state index in [-0.39, 0.29) is 12.3 Å². The fourth-order valence-corrected chi connectivity index (χ4v) is 2.11. The zero-order valence-corrected chi connectivity index (χ0v) is 10.6. The average Bonchev–Trinajstić information content (AvgIpc) is 2.48. The molecule has 0 aromatic heterocycles. The van der Waals surface area contributed by atoms with Crippen LogP contribution in [0.1, 0.15) is 24.2 Å². The van der Waals surface area contributed by atoms with Gasteiger partial charge >= 0.3 is 0 Å². The van der Waals surface area contributed by atoms with Crippen molar-refractivity contribution in [2.75, 3.05) is 6.54 Å². The molecule has 4 nitrogen and oxygen atoms in total. The summed E-state index contributed by atoms with van der Waals surface area (Å²) in [7, 11) is 0. The molecule has 5 heteroatoms. The Labute approximate surface area is 102 Å². The number of halogens is 1. The van der Waals surface area contributed by atoms with Crippen molar-refractivity contribution in [3.8, 4) is 11.5 Å². The van der Waals surface area contributed by atoms with E-state index in [9.17, 15) is 4.79 Å². The molecule has 1 aliphatic rings. The van der Waals surface area contributed by atoms with Crippen LogP contribution in [0.5, 0.6) is 11.5 Å². The molecule has 1 aromatic carbocycles. The van der Waals surface area contributed by atoms with Gasteiger partial charge < -0.3 is 15.2 Å². The number of carbonyl (C=O) groups excluding carboxylic acids is 1. The molecule has 16 heavy (non-hydrogen) atoms. The van der Waals surface area contributed by atoms with Crippen LogP contribution in [0.4, 0.5) is 0 Å². The Morgan fingerprint density at radius 3 is 2.50 bits per heavy atom. The first-order valence-corrected chi connectivity index (χ1v) is 5.67. The van der Waals surface area contributed by atoms with Crippen LogP contribution < -0.4 is 15.2 Å². The van der Waals surface area contributed by atoms with E-state index in [1.165, 1.54) is 0 Å². The van der Waals surface area contributed by atoms with E-state index in [4.69, 9.17) is 15.2 Å². The van der Waals surface area contributed by atoms with E-state index in [2.05, 4.69) is 15.9 Å². The third kappa shape index (κ3) is 1.92. The van der Waals surface area contributed by atoms with Crippen molar-refractivity contribution in [3.63, 3.8) is 0 Å². The normalized spacial score (nSPS) is 16.2. The molecule has 0 aliphatic carbocycles. The molecule has 0 fully saturated rings. The second kappa shape index (κ2) is 3.75. The Balaban J connectivity index is 2.45. The van der Waals surface area contributed by atoms with Crippen LogP contribution in [0, 0.1) is 0 Å². The van der Waals surface area contributed by atoms with Crippen molar-refractivity contribution < 1.29 is 14.3 Å². The van der Waals surface area contributed by atoms with Crippen LogP contribution in [-0.2, 0) is 0 Å². The number of benzene rings is 1. The van der Waals surface area contributed by atoms with Crippen molar-refractivity contribution in [2.24, 2.45) is 5.73 Å². The third-order valence-electron chi connectivity index (χ3n) is 2.23. The molecule has 0 unspecified atom stereocenters. The van der Waals surface area contributed by atoms with E-state index in [0.717, 1.165) is 0 Å². The van der Waals surface area contributed by atoms with Gasteiger partial charge in [-0.3, -0.25) is 4.79 Å². The number of hydrogen-bond donors (Lipinski definition) is 1. The van der Waals surface area contributed by atoms with Gasteiger partial charge in [0.05, 0.1) is 6.54 Å². The van der Waals surface area contributed by atoms with E-state index in [1.54, 1.807) is 12.1 Å². The second-order valence-corrected chi connectivity index (χ2v) is 4.86. The van der Waals surface area contributed by atoms with Gasteiger partial charge in [-0.05, 0) is 28.1 Å². The predicted octanol–water partition coefficient (Wildman–Crippen LogP) is 2.10. The molecule has 2 rings (SSSR count). The highest BCUT2D eigenvalue weighted by Crippen LogP contribution is 2.42. The van der Waals surface area contributed by atoms with Gasteiger partial charge in [0.15, 0.2) is 17.3 Å². The first kappa shape index (κ1) is 11.4. The van der Waals surface area contributed by atoms with Gasteiger partial charge in [0.25, 0.3) is 0 Å². The van der Waals surface area contributed by atoms with Crippen molar-refractivity contribution in [1.29, 1.82) is 0 Å². The zero-order chi connectivity index (χ0) is 11.9. The van der Waals surface area contributed by atoms with Crippen molar-refractivity contribution >= 4 is 21.7 Å². The number of carbonyl (C=O) groups is 1. The lowest BCUT2D eigenvalue weighted by Gasteiger charge is -2.16. The molecule has 0 atom stereocenters. The summed E-state index contributed by atoms with van der Waals surface area (Å²) < 4.78 is 11.8. The number of nitrogens with two attached hydrogens (primary N) is 1. The Morgan fingerprint density at radius 1 is 1.38 bits per heavy atom. The molecule has 86 valence electrons. The molecule has 0 amide bonds. The highest BCUT2D eigenvalue weighted by atomic mass is 79.9. The molecule has 1 aliphatic heterocycles. The van der Waals surface area contributed by atoms with Crippen molar-refractivity contribution in [1.82, 2.24) is 0 Å². The topological polar surface area (TPSA) is 61.5 Å². The van der Waals surface area contributed by atoms with Gasteiger partial charge in [0.2, 0.25) is 5.79 Å². The maximum atomic E-state index is 11.5. The summed E-state index contributed by atoms with van der Waals surface area (Å²) in [5, 5.41) is 0. The predicted molar refractivity (Wildman–Crippen MR) is 62.9 cm³/mol. The Kier molecular flexibility index (Phi) is 2.67. The number of rotatable bonds is 2. The number of Topliss-reactive ketones (excluding diaryl/α,β-unsaturated/α-hetero) is 1. The summed E-state index contributed by atoms with van der Waals surface area (Å²) in [5.74, 6) is 0.380. The van der Waals surface area contributed by atoms with E-state index >= 15 is 0 Å². The molecule has 0 radical (unpaired) electrons. The lowest BCUT2D eigenvalue weighted by atomic mass is 10.1. The van der Waals surface area contributed by atoms with Crippen LogP contribution in [0.15, 0.2) is 16.6 Å². The summed E-state index contributed by atoms with van der Waals surface area (Å²) >= 11 is 3.32. The smallest absolute Gasteiger partial charge is 0.246 e. The lowest BCUT2D eigenvalue weighted by molar-refractivity contribution is -0.0431. The summed E-state index contributed by atoms with van der Waals surface area (Å²) in [5.41, 5.74) is 5.85. The van der Waals surface area contributed by atoms with Crippen LogP contribution >= 0.6 is 15.9 Å². The monoisotopic (exact) mass is 285 g/mol. The minimum absolute atomic E-state index is 0.0262. The molecule has 0 saturated carbocycles. The maximum absolute atomic E-state index is 11.5. The van der Waals surface area contributed by atoms with Gasteiger partial charge in [-0.25, -0.2) is 0 Å². The summed E-state index contributed by atoms with van der Waals surface area (Å²) in [6, 6.07) is 3.39. The SMILES string of the molecule is CC1(C)Oc2cc(Br)c(C(=O)CN)cc2O1. The second-order valence-electron chi connectivity index (χ2n) is 4.01. The molecule has 0 saturated heterocycles. The third-order valence-corrected chi connectivity index (χ3v) is 2.89. The van der Waals surface area contributed by atoms with Crippen molar-refractivity contribution in [2.45, 2.75) is 19.6 Å². The Hall–Kier alpha value is -1.07. The molecule has 2 N–H and O–H groups in total. The summed E-state index contributed by atoms with van der Waals surface area (Å²) in [4.78, 5) is 11.5. The number of ketones is 1. The van der Waals surface area contributed by atoms with Gasteiger partial charge in [-0.2, -0.15) is 0 Å². The first-order valence-electron chi connectivity index (χ1n) is 4.88. The zero-order valence-electron chi connectivity index (χ0n) is 9.04. The Morgan fingerprint density at radius 2 is 1.94 bits per heavy atom. The molecule has 1 aromatic rings. The van der Waals surface area contributed by atoms with Gasteiger partial charge in [-0.1, -0.05) is 0 Å². The van der Waals surface area contributed by atoms with Gasteiger partial charge in [-0.15, -0.1) is 0 Å². The average molecular weight is 286 g/mol. The van der Waals surface area contributed by atoms with Crippen LogP contribution in [0.3, 0.4) is 0 Å². The Bertz CT molecular complexity index is 457. The van der Waals surface area contributed by atoms with Crippen LogP contribution in [-0.4, -0.2) is 18.1 Å². The first-order chi connectivity index (χ1) is 7.43. The minimum Gasteiger partial charge on any atom is -0.449 e. The standard InChI is InChI=1S/C11H12BrNO3/c1-11(2)15-9-3-6(8(14)5-13)7(12)4-10(9)16-11/h3-4H,5,13H2,1-2H3. The van der Waals surface area contributed by atoms with Crippen molar-refractivity contribution in [3.05, 3.63) is 22.2 Å². The summed E-state index contributed by atoms with van der Waals surface area (Å²) in [6.07, 6.45) is 0. The lowest BCUT2D eigenvalue weighted by Crippen LogP contribution is -2.29. The molecular formula is C11H12BrNO3. The molecule has 1 heterocycles. The maximum Gasteiger partial charge on any atom is 0.246 e. The van der Waals surface area contributed by atoms with Crippen LogP contribution in [0.2, 0.25) is 0 Å². The quantitative estimate of drug-likeness (QED) is 0.846. The number of fused-ring (bicyclic) bond motifs is 1. The van der Waals surface area contributed by atoms with Gasteiger partial charge in [0, 0.05) is 23.9 Å². The highest BCUT2D eigenvalue weighted by Gasteiger charge is 2.32. The van der Waals surface area contributed by atoms with Gasteiger partial charge in [0.1, 0.15) is 0 Å². The van der Waals surface area contributed by atoms with E-state index in [1.807, 2.05) is 13.8 Å². The summed E-state index contributed by atoms with van der Waals surface area (Å²) in [6.45, 7) is 3.60. The fourth-order valence-electron chi connectivity index (χ4n) is 1.57. The van der Waals surface area contributed by atoms with E-state index < -0.39 is 5.79 Å². The highest BCUT2D eigenvalue weighted by molar-refractivity contribution is 9.10. The largest absolute Gasteiger partial charge is 0.449 e. The van der Waals surface area contributed by atoms with E-state index in [0.29, 0.717) is 21.5 Å². The molecule has 0 bridgehead atoms. The molecule has 0 spiro atoms. The molecular weight excluding hydrogens is 274 g/mol.